The molecule has 1 atom stereocenters. The van der Waals surface area contributed by atoms with Gasteiger partial charge in [-0.3, -0.25) is 4.79 Å². The molecule has 1 unspecified atom stereocenters. The van der Waals surface area contributed by atoms with Crippen LogP contribution < -0.4 is 0 Å². The Balaban J connectivity index is 0.000000202. The highest BCUT2D eigenvalue weighted by Crippen LogP contribution is 2.17. The zero-order chi connectivity index (χ0) is 12.7. The Bertz CT molecular complexity index is 454. The monoisotopic (exact) mass is 252 g/mol. The molecule has 0 bridgehead atoms. The van der Waals surface area contributed by atoms with Crippen molar-refractivity contribution in [1.82, 2.24) is 0 Å². The minimum absolute atomic E-state index is 0.0438. The minimum atomic E-state index is -2.16. The largest absolute Gasteiger partial charge is 0.299 e. The molecule has 0 heterocycles. The summed E-state index contributed by atoms with van der Waals surface area (Å²) in [5.41, 5.74) is 0. The van der Waals surface area contributed by atoms with Crippen LogP contribution in [0.1, 0.15) is 26.2 Å². The van der Waals surface area contributed by atoms with Gasteiger partial charge in [0.05, 0.1) is 4.86 Å². The van der Waals surface area contributed by atoms with Crippen molar-refractivity contribution in [3.05, 3.63) is 36.4 Å². The second-order valence-corrected chi connectivity index (χ2v) is 5.00. The maximum Gasteiger partial charge on any atom is 0.213 e. The summed E-state index contributed by atoms with van der Waals surface area (Å²) in [6.45, 7) is 1.84. The van der Waals surface area contributed by atoms with Gasteiger partial charge in [0.2, 0.25) is 10.3 Å². The van der Waals surface area contributed by atoms with Crippen LogP contribution in [0, 0.1) is 5.92 Å². The lowest BCUT2D eigenvalue weighted by atomic mass is 9.90. The molecule has 1 fully saturated rings. The van der Waals surface area contributed by atoms with E-state index in [0.29, 0.717) is 17.7 Å². The number of carbonyl (C=O) groups excluding carboxylic acids is 1. The first kappa shape index (κ1) is 13.6. The number of benzene rings is 1. The number of carbonyl (C=O) groups is 1. The van der Waals surface area contributed by atoms with E-state index in [2.05, 4.69) is 0 Å². The molecule has 0 amide bonds. The van der Waals surface area contributed by atoms with E-state index in [9.17, 15) is 13.2 Å². The fourth-order valence-corrected chi connectivity index (χ4v) is 2.33. The molecule has 0 saturated heterocycles. The van der Waals surface area contributed by atoms with Crippen molar-refractivity contribution in [2.24, 2.45) is 5.92 Å². The summed E-state index contributed by atoms with van der Waals surface area (Å²) in [5, 5.41) is 0. The van der Waals surface area contributed by atoms with Gasteiger partial charge in [0.15, 0.2) is 0 Å². The Kier molecular flexibility index (Phi) is 5.63. The van der Waals surface area contributed by atoms with E-state index in [1.165, 1.54) is 0 Å². The molecule has 0 aromatic heterocycles. The number of Topliss-reactive ketones (excluding diaryl/α,β-unsaturated/α-hetero) is 1. The molecule has 17 heavy (non-hydrogen) atoms. The van der Waals surface area contributed by atoms with Crippen LogP contribution in [0.4, 0.5) is 0 Å². The van der Waals surface area contributed by atoms with Gasteiger partial charge < -0.3 is 0 Å². The molecule has 0 N–H and O–H groups in total. The third-order valence-electron chi connectivity index (χ3n) is 2.66. The summed E-state index contributed by atoms with van der Waals surface area (Å²) in [7, 11) is -2.16. The second-order valence-electron chi connectivity index (χ2n) is 4.01. The van der Waals surface area contributed by atoms with Crippen LogP contribution in [0.2, 0.25) is 0 Å². The smallest absolute Gasteiger partial charge is 0.213 e. The number of rotatable bonds is 0. The molecule has 1 saturated carbocycles. The van der Waals surface area contributed by atoms with Gasteiger partial charge in [0.25, 0.3) is 0 Å². The van der Waals surface area contributed by atoms with Crippen molar-refractivity contribution in [3.63, 3.8) is 0 Å². The van der Waals surface area contributed by atoms with E-state index in [1.54, 1.807) is 0 Å². The highest BCUT2D eigenvalue weighted by atomic mass is 32.2. The highest BCUT2D eigenvalue weighted by molar-refractivity contribution is 7.73. The molecule has 1 aromatic rings. The molecular formula is C13H16O3S. The average molecular weight is 252 g/mol. The van der Waals surface area contributed by atoms with E-state index >= 15 is 0 Å². The lowest BCUT2D eigenvalue weighted by molar-refractivity contribution is -0.118. The summed E-state index contributed by atoms with van der Waals surface area (Å²) in [6.07, 6.45) is 1.35. The van der Waals surface area contributed by atoms with Gasteiger partial charge in [0, 0.05) is 12.8 Å². The quantitative estimate of drug-likeness (QED) is 0.664. The van der Waals surface area contributed by atoms with Crippen molar-refractivity contribution in [2.45, 2.75) is 26.2 Å². The Morgan fingerprint density at radius 2 is 1.53 bits per heavy atom. The van der Waals surface area contributed by atoms with Gasteiger partial charge in [-0.2, -0.15) is 8.42 Å². The van der Waals surface area contributed by atoms with Crippen molar-refractivity contribution in [3.8, 4) is 0 Å². The summed E-state index contributed by atoms with van der Waals surface area (Å²) in [5.74, 6) is 0.105. The summed E-state index contributed by atoms with van der Waals surface area (Å²) in [4.78, 5) is 11.2. The van der Waals surface area contributed by atoms with Gasteiger partial charge in [-0.25, -0.2) is 0 Å². The first-order chi connectivity index (χ1) is 8.11. The normalized spacial score (nSPS) is 19.2. The van der Waals surface area contributed by atoms with Crippen LogP contribution in [0.5, 0.6) is 0 Å². The highest BCUT2D eigenvalue weighted by Gasteiger charge is 2.22. The summed E-state index contributed by atoms with van der Waals surface area (Å²) < 4.78 is 21.0. The second kappa shape index (κ2) is 7.01. The lowest BCUT2D eigenvalue weighted by Gasteiger charge is -2.16. The Hall–Kier alpha value is -1.42. The Morgan fingerprint density at radius 3 is 1.88 bits per heavy atom. The van der Waals surface area contributed by atoms with Crippen molar-refractivity contribution in [1.29, 1.82) is 0 Å². The lowest BCUT2D eigenvalue weighted by Crippen LogP contribution is -2.23. The predicted octanol–water partition coefficient (Wildman–Crippen LogP) is 2.11. The molecule has 1 aromatic carbocycles. The molecule has 1 aliphatic rings. The van der Waals surface area contributed by atoms with Crippen molar-refractivity contribution in [2.75, 3.05) is 0 Å². The van der Waals surface area contributed by atoms with Crippen LogP contribution in [0.25, 0.3) is 0 Å². The summed E-state index contributed by atoms with van der Waals surface area (Å²) in [6, 6.07) is 12.0. The van der Waals surface area contributed by atoms with Crippen LogP contribution in [0.15, 0.2) is 36.4 Å². The SMILES string of the molecule is CC1CCC(=O)CC1=S(=O)=O.c1ccccc1. The molecule has 4 heteroatoms. The van der Waals surface area contributed by atoms with E-state index in [0.717, 1.165) is 0 Å². The van der Waals surface area contributed by atoms with Crippen LogP contribution in [-0.2, 0) is 15.1 Å². The van der Waals surface area contributed by atoms with Gasteiger partial charge in [-0.05, 0) is 12.3 Å². The van der Waals surface area contributed by atoms with Gasteiger partial charge >= 0.3 is 0 Å². The number of hydrogen-bond donors (Lipinski definition) is 0. The molecule has 3 nitrogen and oxygen atoms in total. The summed E-state index contributed by atoms with van der Waals surface area (Å²) >= 11 is 0. The maximum absolute atomic E-state index is 10.8. The topological polar surface area (TPSA) is 51.2 Å². The standard InChI is InChI=1S/C7H10O3S.C6H6/c1-5-2-3-6(8)4-7(5)11(9)10;1-2-4-6-5-3-1/h5H,2-4H2,1H3;1-6H. The van der Waals surface area contributed by atoms with Crippen molar-refractivity contribution >= 4 is 20.9 Å². The number of ketones is 1. The third-order valence-corrected chi connectivity index (χ3v) is 3.63. The number of hydrogen-bond acceptors (Lipinski definition) is 3. The van der Waals surface area contributed by atoms with Crippen LogP contribution in [0.3, 0.4) is 0 Å². The molecule has 92 valence electrons. The third kappa shape index (κ3) is 4.95. The molecular weight excluding hydrogens is 236 g/mol. The minimum Gasteiger partial charge on any atom is -0.299 e. The predicted molar refractivity (Wildman–Crippen MR) is 68.4 cm³/mol. The fraction of sp³-hybridized carbons (Fsp3) is 0.385. The van der Waals surface area contributed by atoms with E-state index < -0.39 is 10.3 Å². The van der Waals surface area contributed by atoms with Gasteiger partial charge in [-0.15, -0.1) is 0 Å². The van der Waals surface area contributed by atoms with E-state index in [4.69, 9.17) is 0 Å². The fourth-order valence-electron chi connectivity index (χ4n) is 1.60. The molecule has 0 radical (unpaired) electrons. The van der Waals surface area contributed by atoms with E-state index in [-0.39, 0.29) is 18.1 Å². The maximum atomic E-state index is 10.8. The zero-order valence-corrected chi connectivity index (χ0v) is 10.6. The van der Waals surface area contributed by atoms with Gasteiger partial charge in [0.1, 0.15) is 5.78 Å². The van der Waals surface area contributed by atoms with Crippen LogP contribution >= 0.6 is 0 Å². The molecule has 1 aliphatic carbocycles. The zero-order valence-electron chi connectivity index (χ0n) is 9.80. The van der Waals surface area contributed by atoms with E-state index in [1.807, 2.05) is 43.3 Å². The Labute approximate surface area is 103 Å². The van der Waals surface area contributed by atoms with Gasteiger partial charge in [-0.1, -0.05) is 43.3 Å². The molecule has 2 rings (SSSR count). The van der Waals surface area contributed by atoms with Crippen molar-refractivity contribution < 1.29 is 13.2 Å². The molecule has 0 spiro atoms. The average Bonchev–Trinajstić information content (AvgIpc) is 2.35. The first-order valence-electron chi connectivity index (χ1n) is 5.58. The van der Waals surface area contributed by atoms with Crippen LogP contribution in [-0.4, -0.2) is 19.1 Å². The molecule has 0 aliphatic heterocycles. The first-order valence-corrected chi connectivity index (χ1v) is 6.65. The Morgan fingerprint density at radius 1 is 1.06 bits per heavy atom.